The van der Waals surface area contributed by atoms with Crippen LogP contribution in [0.25, 0.3) is 0 Å². The quantitative estimate of drug-likeness (QED) is 0.479. The Hall–Kier alpha value is -2.96. The minimum Gasteiger partial charge on any atom is -0.348 e. The van der Waals surface area contributed by atoms with Gasteiger partial charge in [0.2, 0.25) is 11.8 Å². The number of piperidine rings is 1. The number of hydrogen-bond acceptors (Lipinski definition) is 2. The van der Waals surface area contributed by atoms with Gasteiger partial charge in [-0.15, -0.1) is 0 Å². The van der Waals surface area contributed by atoms with Crippen LogP contribution in [0.15, 0.2) is 54.6 Å². The van der Waals surface area contributed by atoms with Crippen LogP contribution < -0.4 is 10.6 Å². The summed E-state index contributed by atoms with van der Waals surface area (Å²) in [5, 5.41) is 6.51. The Bertz CT molecular complexity index is 1330. The zero-order valence-corrected chi connectivity index (χ0v) is 18.9. The number of hydrogen-bond donors (Lipinski definition) is 2. The minimum atomic E-state index is -1.46. The molecule has 2 aliphatic heterocycles. The van der Waals surface area contributed by atoms with Crippen molar-refractivity contribution in [1.82, 2.24) is 5.32 Å². The zero-order valence-electron chi connectivity index (χ0n) is 17.4. The summed E-state index contributed by atoms with van der Waals surface area (Å²) in [7, 11) is 0. The Morgan fingerprint density at radius 3 is 2.52 bits per heavy atom. The Labute approximate surface area is 198 Å². The molecule has 3 aromatic carbocycles. The fraction of sp³-hybridized carbons (Fsp3) is 0.200. The van der Waals surface area contributed by atoms with Gasteiger partial charge in [-0.2, -0.15) is 0 Å². The molecule has 2 amide bonds. The fourth-order valence-corrected chi connectivity index (χ4v) is 5.63. The molecule has 3 unspecified atom stereocenters. The first-order valence-electron chi connectivity index (χ1n) is 10.3. The molecule has 1 fully saturated rings. The summed E-state index contributed by atoms with van der Waals surface area (Å²) in [6, 6.07) is 13.1. The van der Waals surface area contributed by atoms with Crippen LogP contribution in [0.3, 0.4) is 0 Å². The molecule has 0 aromatic heterocycles. The average molecular weight is 487 g/mol. The second kappa shape index (κ2) is 7.82. The molecule has 4 nitrogen and oxygen atoms in total. The van der Waals surface area contributed by atoms with E-state index in [-0.39, 0.29) is 17.9 Å². The molecule has 0 bridgehead atoms. The van der Waals surface area contributed by atoms with Crippen LogP contribution in [0, 0.1) is 18.6 Å². The Kier molecular flexibility index (Phi) is 5.18. The van der Waals surface area contributed by atoms with Crippen molar-refractivity contribution < 1.29 is 18.4 Å². The first-order chi connectivity index (χ1) is 15.7. The number of benzene rings is 3. The third-order valence-corrected chi connectivity index (χ3v) is 7.11. The number of halogens is 4. The highest BCUT2D eigenvalue weighted by molar-refractivity contribution is 6.31. The molecular formula is C25H18Cl2F2N2O2. The molecule has 33 heavy (non-hydrogen) atoms. The SMILES string of the molecule is Cc1ccc(F)c(F)c1C1NC(=O)CC(c2cccc(Cl)c2)C12C(=O)Nc1cc(Cl)ccc12. The average Bonchev–Trinajstić information content (AvgIpc) is 3.04. The Morgan fingerprint density at radius 2 is 1.76 bits per heavy atom. The number of anilines is 1. The fourth-order valence-electron chi connectivity index (χ4n) is 5.26. The highest BCUT2D eigenvalue weighted by atomic mass is 35.5. The molecule has 3 atom stereocenters. The van der Waals surface area contributed by atoms with Crippen molar-refractivity contribution in [2.75, 3.05) is 5.32 Å². The number of carbonyl (C=O) groups excluding carboxylic acids is 2. The Morgan fingerprint density at radius 1 is 1.00 bits per heavy atom. The van der Waals surface area contributed by atoms with Gasteiger partial charge in [0.1, 0.15) is 5.41 Å². The molecular weight excluding hydrogens is 469 g/mol. The summed E-state index contributed by atoms with van der Waals surface area (Å²) >= 11 is 12.4. The summed E-state index contributed by atoms with van der Waals surface area (Å²) in [5.74, 6) is -3.66. The summed E-state index contributed by atoms with van der Waals surface area (Å²) in [5.41, 5.74) is 0.561. The monoisotopic (exact) mass is 486 g/mol. The van der Waals surface area contributed by atoms with E-state index in [4.69, 9.17) is 23.2 Å². The predicted molar refractivity (Wildman–Crippen MR) is 123 cm³/mol. The van der Waals surface area contributed by atoms with Crippen LogP contribution >= 0.6 is 23.2 Å². The van der Waals surface area contributed by atoms with Crippen molar-refractivity contribution in [2.24, 2.45) is 0 Å². The van der Waals surface area contributed by atoms with Gasteiger partial charge in [-0.3, -0.25) is 9.59 Å². The number of nitrogens with one attached hydrogen (secondary N) is 2. The second-order valence-electron chi connectivity index (χ2n) is 8.42. The smallest absolute Gasteiger partial charge is 0.238 e. The summed E-state index contributed by atoms with van der Waals surface area (Å²) in [4.78, 5) is 26.8. The van der Waals surface area contributed by atoms with Gasteiger partial charge in [0.25, 0.3) is 0 Å². The van der Waals surface area contributed by atoms with E-state index >= 15 is 4.39 Å². The largest absolute Gasteiger partial charge is 0.348 e. The van der Waals surface area contributed by atoms with Crippen molar-refractivity contribution in [1.29, 1.82) is 0 Å². The molecule has 2 N–H and O–H groups in total. The molecule has 1 spiro atoms. The van der Waals surface area contributed by atoms with Gasteiger partial charge in [0, 0.05) is 33.6 Å². The van der Waals surface area contributed by atoms with Crippen molar-refractivity contribution in [3.05, 3.63) is 98.5 Å². The van der Waals surface area contributed by atoms with Gasteiger partial charge in [-0.05, 0) is 53.9 Å². The predicted octanol–water partition coefficient (Wildman–Crippen LogP) is 5.81. The van der Waals surface area contributed by atoms with E-state index in [1.165, 1.54) is 6.07 Å². The number of amides is 2. The van der Waals surface area contributed by atoms with Crippen molar-refractivity contribution in [3.63, 3.8) is 0 Å². The van der Waals surface area contributed by atoms with E-state index in [1.54, 1.807) is 49.4 Å². The normalized spacial score (nSPS) is 23.9. The lowest BCUT2D eigenvalue weighted by atomic mass is 9.59. The van der Waals surface area contributed by atoms with E-state index < -0.39 is 34.9 Å². The van der Waals surface area contributed by atoms with E-state index in [9.17, 15) is 14.0 Å². The third-order valence-electron chi connectivity index (χ3n) is 6.64. The minimum absolute atomic E-state index is 0.0394. The van der Waals surface area contributed by atoms with Crippen molar-refractivity contribution in [3.8, 4) is 0 Å². The molecule has 2 heterocycles. The van der Waals surface area contributed by atoms with Gasteiger partial charge >= 0.3 is 0 Å². The standard InChI is InChI=1S/C25H18Cl2F2N2O2/c1-12-5-8-18(28)22(29)21(12)23-25(16-7-6-15(27)10-19(16)30-24(25)33)17(11-20(32)31-23)13-3-2-4-14(26)9-13/h2-10,17,23H,11H2,1H3,(H,30,33)(H,31,32). The number of fused-ring (bicyclic) bond motifs is 2. The van der Waals surface area contributed by atoms with Crippen molar-refractivity contribution in [2.45, 2.75) is 30.7 Å². The van der Waals surface area contributed by atoms with Crippen LogP contribution in [0.2, 0.25) is 10.0 Å². The molecule has 168 valence electrons. The van der Waals surface area contributed by atoms with Gasteiger partial charge in [0.05, 0.1) is 6.04 Å². The molecule has 0 radical (unpaired) electrons. The number of carbonyl (C=O) groups is 2. The van der Waals surface area contributed by atoms with Crippen LogP contribution in [0.1, 0.15) is 40.6 Å². The highest BCUT2D eigenvalue weighted by Gasteiger charge is 2.61. The lowest BCUT2D eigenvalue weighted by Gasteiger charge is -2.46. The molecule has 2 aliphatic rings. The summed E-state index contributed by atoms with van der Waals surface area (Å²) in [6.07, 6.45) is -0.0394. The van der Waals surface area contributed by atoms with Gasteiger partial charge < -0.3 is 10.6 Å². The molecule has 0 saturated carbocycles. The molecule has 5 rings (SSSR count). The number of rotatable bonds is 2. The lowest BCUT2D eigenvalue weighted by molar-refractivity contribution is -0.131. The molecule has 0 aliphatic carbocycles. The van der Waals surface area contributed by atoms with E-state index in [2.05, 4.69) is 10.6 Å². The molecule has 3 aromatic rings. The van der Waals surface area contributed by atoms with Gasteiger partial charge in [-0.1, -0.05) is 47.5 Å². The third kappa shape index (κ3) is 3.23. The van der Waals surface area contributed by atoms with Crippen LogP contribution in [-0.2, 0) is 15.0 Å². The first kappa shape index (κ1) is 21.9. The molecule has 1 saturated heterocycles. The van der Waals surface area contributed by atoms with Crippen LogP contribution in [-0.4, -0.2) is 11.8 Å². The van der Waals surface area contributed by atoms with Crippen LogP contribution in [0.4, 0.5) is 14.5 Å². The topological polar surface area (TPSA) is 58.2 Å². The van der Waals surface area contributed by atoms with Crippen molar-refractivity contribution >= 4 is 40.7 Å². The Balaban J connectivity index is 1.86. The first-order valence-corrected chi connectivity index (χ1v) is 11.1. The maximum Gasteiger partial charge on any atom is 0.238 e. The number of aryl methyl sites for hydroxylation is 1. The molecule has 8 heteroatoms. The zero-order chi connectivity index (χ0) is 23.5. The summed E-state index contributed by atoms with van der Waals surface area (Å²) < 4.78 is 29.7. The summed E-state index contributed by atoms with van der Waals surface area (Å²) in [6.45, 7) is 1.62. The highest BCUT2D eigenvalue weighted by Crippen LogP contribution is 2.58. The van der Waals surface area contributed by atoms with Crippen LogP contribution in [0.5, 0.6) is 0 Å². The second-order valence-corrected chi connectivity index (χ2v) is 9.29. The van der Waals surface area contributed by atoms with E-state index in [0.717, 1.165) is 6.07 Å². The maximum atomic E-state index is 15.3. The van der Waals surface area contributed by atoms with Gasteiger partial charge in [-0.25, -0.2) is 8.78 Å². The van der Waals surface area contributed by atoms with Gasteiger partial charge in [0.15, 0.2) is 11.6 Å². The maximum absolute atomic E-state index is 15.3. The lowest BCUT2D eigenvalue weighted by Crippen LogP contribution is -2.57. The van der Waals surface area contributed by atoms with E-state index in [1.807, 2.05) is 0 Å². The van der Waals surface area contributed by atoms with E-state index in [0.29, 0.717) is 32.4 Å².